The van der Waals surface area contributed by atoms with Crippen LogP contribution >= 0.6 is 0 Å². The van der Waals surface area contributed by atoms with Gasteiger partial charge >= 0.3 is 0 Å². The smallest absolute Gasteiger partial charge is 0.255 e. The number of nitrogens with one attached hydrogen (secondary N) is 1. The molecular weight excluding hydrogens is 398 g/mol. The van der Waals surface area contributed by atoms with Crippen molar-refractivity contribution in [1.29, 1.82) is 5.26 Å². The maximum atomic E-state index is 12.4. The second-order valence-corrected chi connectivity index (χ2v) is 7.08. The van der Waals surface area contributed by atoms with Crippen LogP contribution in [0.5, 0.6) is 0 Å². The fourth-order valence-corrected chi connectivity index (χ4v) is 3.37. The number of ether oxygens (including phenoxy) is 2. The molecule has 0 aliphatic carbocycles. The zero-order valence-electron chi connectivity index (χ0n) is 17.3. The number of aliphatic hydroxyl groups excluding tert-OH is 1. The van der Waals surface area contributed by atoms with E-state index in [0.29, 0.717) is 42.1 Å². The van der Waals surface area contributed by atoms with Crippen molar-refractivity contribution in [3.63, 3.8) is 0 Å². The lowest BCUT2D eigenvalue weighted by Gasteiger charge is -2.38. The van der Waals surface area contributed by atoms with E-state index in [-0.39, 0.29) is 25.0 Å². The lowest BCUT2D eigenvalue weighted by atomic mass is 10.00. The molecule has 1 heterocycles. The van der Waals surface area contributed by atoms with Crippen molar-refractivity contribution in [2.75, 3.05) is 38.3 Å². The SMILES string of the molecule is CCOCCN1C(=O)COCC1C(O)c1ccc(NC(=O)c2ccc(C#N)cc2)cc1. The zero-order valence-corrected chi connectivity index (χ0v) is 17.3. The number of carbonyl (C=O) groups excluding carboxylic acids is 2. The average molecular weight is 423 g/mol. The van der Waals surface area contributed by atoms with Gasteiger partial charge in [-0.1, -0.05) is 12.1 Å². The molecule has 0 aromatic heterocycles. The zero-order chi connectivity index (χ0) is 22.2. The molecule has 2 amide bonds. The maximum absolute atomic E-state index is 12.4. The highest BCUT2D eigenvalue weighted by atomic mass is 16.5. The van der Waals surface area contributed by atoms with Crippen molar-refractivity contribution in [2.24, 2.45) is 0 Å². The normalized spacial score (nSPS) is 17.1. The molecule has 1 aliphatic heterocycles. The highest BCUT2D eigenvalue weighted by molar-refractivity contribution is 6.04. The highest BCUT2D eigenvalue weighted by Crippen LogP contribution is 2.25. The van der Waals surface area contributed by atoms with Crippen molar-refractivity contribution < 1.29 is 24.2 Å². The molecule has 0 radical (unpaired) electrons. The summed E-state index contributed by atoms with van der Waals surface area (Å²) in [5, 5.41) is 22.5. The standard InChI is InChI=1S/C23H25N3O5/c1-2-30-12-11-26-20(14-31-15-21(26)27)22(28)17-7-9-19(10-8-17)25-23(29)18-5-3-16(13-24)4-6-18/h3-10,20,22,28H,2,11-12,14-15H2,1H3,(H,25,29). The van der Waals surface area contributed by atoms with Crippen molar-refractivity contribution >= 4 is 17.5 Å². The van der Waals surface area contributed by atoms with E-state index in [4.69, 9.17) is 14.7 Å². The summed E-state index contributed by atoms with van der Waals surface area (Å²) in [5.74, 6) is -0.479. The number of nitrogens with zero attached hydrogens (tertiary/aromatic N) is 2. The fraction of sp³-hybridized carbons (Fsp3) is 0.348. The van der Waals surface area contributed by atoms with Gasteiger partial charge in [0.15, 0.2) is 0 Å². The van der Waals surface area contributed by atoms with Crippen LogP contribution in [0.2, 0.25) is 0 Å². The summed E-state index contributed by atoms with van der Waals surface area (Å²) in [4.78, 5) is 26.2. The Morgan fingerprint density at radius 3 is 2.65 bits per heavy atom. The average Bonchev–Trinajstić information content (AvgIpc) is 2.80. The van der Waals surface area contributed by atoms with Gasteiger partial charge in [0.2, 0.25) is 5.91 Å². The summed E-state index contributed by atoms with van der Waals surface area (Å²) >= 11 is 0. The molecule has 2 aromatic carbocycles. The molecule has 8 heteroatoms. The van der Waals surface area contributed by atoms with Gasteiger partial charge in [0.1, 0.15) is 12.7 Å². The van der Waals surface area contributed by atoms with Gasteiger partial charge in [0.25, 0.3) is 5.91 Å². The van der Waals surface area contributed by atoms with Gasteiger partial charge in [-0.3, -0.25) is 9.59 Å². The Morgan fingerprint density at radius 2 is 2.00 bits per heavy atom. The Hall–Kier alpha value is -3.25. The maximum Gasteiger partial charge on any atom is 0.255 e. The highest BCUT2D eigenvalue weighted by Gasteiger charge is 2.34. The summed E-state index contributed by atoms with van der Waals surface area (Å²) < 4.78 is 10.7. The first-order chi connectivity index (χ1) is 15.0. The number of aliphatic hydroxyl groups is 1. The lowest BCUT2D eigenvalue weighted by molar-refractivity contribution is -0.155. The number of benzene rings is 2. The van der Waals surface area contributed by atoms with Gasteiger partial charge in [-0.25, -0.2) is 0 Å². The Kier molecular flexibility index (Phi) is 7.73. The third-order valence-electron chi connectivity index (χ3n) is 5.07. The van der Waals surface area contributed by atoms with Crippen molar-refractivity contribution in [1.82, 2.24) is 4.90 Å². The Labute approximate surface area is 181 Å². The minimum Gasteiger partial charge on any atom is -0.386 e. The van der Waals surface area contributed by atoms with E-state index in [1.165, 1.54) is 0 Å². The second-order valence-electron chi connectivity index (χ2n) is 7.08. The summed E-state index contributed by atoms with van der Waals surface area (Å²) in [6, 6.07) is 14.6. The van der Waals surface area contributed by atoms with Crippen LogP contribution in [-0.2, 0) is 14.3 Å². The number of carbonyl (C=O) groups is 2. The molecular formula is C23H25N3O5. The molecule has 1 saturated heterocycles. The van der Waals surface area contributed by atoms with E-state index in [1.54, 1.807) is 53.4 Å². The Bertz CT molecular complexity index is 937. The van der Waals surface area contributed by atoms with E-state index < -0.39 is 12.1 Å². The molecule has 2 atom stereocenters. The summed E-state index contributed by atoms with van der Waals surface area (Å²) in [7, 11) is 0. The molecule has 0 saturated carbocycles. The van der Waals surface area contributed by atoms with Crippen LogP contribution < -0.4 is 5.32 Å². The number of nitriles is 1. The first-order valence-electron chi connectivity index (χ1n) is 10.1. The second kappa shape index (κ2) is 10.7. The van der Waals surface area contributed by atoms with Gasteiger partial charge in [-0.15, -0.1) is 0 Å². The molecule has 0 bridgehead atoms. The number of anilines is 1. The van der Waals surface area contributed by atoms with E-state index >= 15 is 0 Å². The Morgan fingerprint density at radius 1 is 1.29 bits per heavy atom. The van der Waals surface area contributed by atoms with Crippen LogP contribution in [0.1, 0.15) is 34.5 Å². The van der Waals surface area contributed by atoms with Crippen LogP contribution in [0.3, 0.4) is 0 Å². The van der Waals surface area contributed by atoms with Crippen molar-refractivity contribution in [3.05, 3.63) is 65.2 Å². The first-order valence-corrected chi connectivity index (χ1v) is 10.1. The molecule has 2 N–H and O–H groups in total. The van der Waals surface area contributed by atoms with E-state index in [2.05, 4.69) is 5.32 Å². The van der Waals surface area contributed by atoms with E-state index in [0.717, 1.165) is 0 Å². The quantitative estimate of drug-likeness (QED) is 0.629. The number of amides is 2. The van der Waals surface area contributed by atoms with Gasteiger partial charge in [-0.2, -0.15) is 5.26 Å². The van der Waals surface area contributed by atoms with Crippen molar-refractivity contribution in [2.45, 2.75) is 19.1 Å². The molecule has 31 heavy (non-hydrogen) atoms. The van der Waals surface area contributed by atoms with E-state index in [1.807, 2.05) is 13.0 Å². The summed E-state index contributed by atoms with van der Waals surface area (Å²) in [5.41, 5.74) is 2.09. The van der Waals surface area contributed by atoms with Crippen LogP contribution in [-0.4, -0.2) is 60.8 Å². The molecule has 8 nitrogen and oxygen atoms in total. The predicted octanol–water partition coefficient (Wildman–Crippen LogP) is 2.11. The first kappa shape index (κ1) is 22.4. The topological polar surface area (TPSA) is 112 Å². The number of hydrogen-bond donors (Lipinski definition) is 2. The monoisotopic (exact) mass is 423 g/mol. The van der Waals surface area contributed by atoms with Gasteiger partial charge in [0.05, 0.1) is 30.9 Å². The lowest BCUT2D eigenvalue weighted by Crippen LogP contribution is -2.53. The largest absolute Gasteiger partial charge is 0.386 e. The third kappa shape index (κ3) is 5.67. The number of hydrogen-bond acceptors (Lipinski definition) is 6. The molecule has 0 spiro atoms. The van der Waals surface area contributed by atoms with Crippen LogP contribution in [0.15, 0.2) is 48.5 Å². The molecule has 2 aromatic rings. The molecule has 1 fully saturated rings. The molecule has 162 valence electrons. The molecule has 3 rings (SSSR count). The van der Waals surface area contributed by atoms with Crippen LogP contribution in [0.4, 0.5) is 5.69 Å². The molecule has 1 aliphatic rings. The minimum absolute atomic E-state index is 0.00430. The van der Waals surface area contributed by atoms with Crippen LogP contribution in [0.25, 0.3) is 0 Å². The van der Waals surface area contributed by atoms with E-state index in [9.17, 15) is 14.7 Å². The number of morpholine rings is 1. The van der Waals surface area contributed by atoms with Gasteiger partial charge in [0, 0.05) is 24.4 Å². The van der Waals surface area contributed by atoms with Crippen molar-refractivity contribution in [3.8, 4) is 6.07 Å². The molecule has 2 unspecified atom stereocenters. The predicted molar refractivity (Wildman–Crippen MR) is 113 cm³/mol. The fourth-order valence-electron chi connectivity index (χ4n) is 3.37. The third-order valence-corrected chi connectivity index (χ3v) is 5.07. The van der Waals surface area contributed by atoms with Gasteiger partial charge < -0.3 is 24.8 Å². The summed E-state index contributed by atoms with van der Waals surface area (Å²) in [6.07, 6.45) is -0.936. The summed E-state index contributed by atoms with van der Waals surface area (Å²) in [6.45, 7) is 3.45. The number of rotatable bonds is 8. The Balaban J connectivity index is 1.65. The van der Waals surface area contributed by atoms with Gasteiger partial charge in [-0.05, 0) is 48.9 Å². The minimum atomic E-state index is -0.936. The van der Waals surface area contributed by atoms with Crippen LogP contribution in [0, 0.1) is 11.3 Å².